The van der Waals surface area contributed by atoms with Gasteiger partial charge in [-0.3, -0.25) is 4.79 Å². The van der Waals surface area contributed by atoms with Gasteiger partial charge in [-0.25, -0.2) is 0 Å². The van der Waals surface area contributed by atoms with Gasteiger partial charge in [0.25, 0.3) is 5.97 Å². The smallest absolute Gasteiger partial charge is 0.291 e. The molecule has 2 nitrogen and oxygen atoms in total. The Morgan fingerprint density at radius 1 is 0.850 bits per heavy atom. The van der Waals surface area contributed by atoms with E-state index in [1.165, 1.54) is 64.2 Å². The summed E-state index contributed by atoms with van der Waals surface area (Å²) in [4.78, 5) is 11.4. The molecule has 0 aliphatic carbocycles. The second-order valence-electron chi connectivity index (χ2n) is 6.24. The van der Waals surface area contributed by atoms with E-state index in [2.05, 4.69) is 20.8 Å². The Morgan fingerprint density at radius 3 is 1.60 bits per heavy atom. The molecule has 0 spiro atoms. The molecule has 0 aromatic carbocycles. The highest BCUT2D eigenvalue weighted by Crippen LogP contribution is 2.41. The van der Waals surface area contributed by atoms with Crippen molar-refractivity contribution in [2.45, 2.75) is 97.8 Å². The van der Waals surface area contributed by atoms with E-state index in [0.29, 0.717) is 22.3 Å². The molecular formula is C17H36O2Si. The number of rotatable bonds is 13. The van der Waals surface area contributed by atoms with Crippen LogP contribution in [0, 0.1) is 5.41 Å². The molecule has 0 unspecified atom stereocenters. The Bertz CT molecular complexity index is 219. The maximum atomic E-state index is 11.4. The second-order valence-corrected chi connectivity index (χ2v) is 6.65. The standard InChI is InChI=1S/C17H36O2Si/c1-4-7-12-17(13-8-5-2,14-9-6-3)15-10-11-16(18)19-20/h4-15H2,1-3,20H3. The van der Waals surface area contributed by atoms with Gasteiger partial charge in [0, 0.05) is 6.42 Å². The van der Waals surface area contributed by atoms with E-state index in [0.717, 1.165) is 6.42 Å². The van der Waals surface area contributed by atoms with Crippen molar-refractivity contribution >= 4 is 16.5 Å². The van der Waals surface area contributed by atoms with Gasteiger partial charge in [-0.15, -0.1) is 0 Å². The first kappa shape index (κ1) is 19.7. The number of hydrogen-bond acceptors (Lipinski definition) is 2. The first-order chi connectivity index (χ1) is 9.64. The van der Waals surface area contributed by atoms with Crippen LogP contribution in [0.15, 0.2) is 0 Å². The van der Waals surface area contributed by atoms with Crippen LogP contribution in [0.25, 0.3) is 0 Å². The topological polar surface area (TPSA) is 26.3 Å². The monoisotopic (exact) mass is 300 g/mol. The third kappa shape index (κ3) is 8.78. The zero-order chi connectivity index (χ0) is 15.3. The maximum Gasteiger partial charge on any atom is 0.291 e. The molecule has 0 rings (SSSR count). The first-order valence-corrected chi connectivity index (χ1v) is 9.52. The largest absolute Gasteiger partial charge is 0.529 e. The quantitative estimate of drug-likeness (QED) is 0.467. The molecular weight excluding hydrogens is 264 g/mol. The van der Waals surface area contributed by atoms with Gasteiger partial charge in [0.1, 0.15) is 0 Å². The van der Waals surface area contributed by atoms with Gasteiger partial charge in [-0.2, -0.15) is 0 Å². The van der Waals surface area contributed by atoms with Crippen LogP contribution in [0.5, 0.6) is 0 Å². The summed E-state index contributed by atoms with van der Waals surface area (Å²) in [5.41, 5.74) is 0.494. The molecule has 0 aliphatic heterocycles. The van der Waals surface area contributed by atoms with Crippen molar-refractivity contribution in [1.29, 1.82) is 0 Å². The molecule has 0 fully saturated rings. The number of carbonyl (C=O) groups excluding carboxylic acids is 1. The highest BCUT2D eigenvalue weighted by Gasteiger charge is 2.28. The second kappa shape index (κ2) is 12.4. The molecule has 0 aliphatic rings. The third-order valence-electron chi connectivity index (χ3n) is 4.50. The van der Waals surface area contributed by atoms with Crippen molar-refractivity contribution in [1.82, 2.24) is 0 Å². The van der Waals surface area contributed by atoms with Crippen LogP contribution < -0.4 is 0 Å². The normalized spacial score (nSPS) is 11.8. The Morgan fingerprint density at radius 2 is 1.25 bits per heavy atom. The van der Waals surface area contributed by atoms with Crippen molar-refractivity contribution in [3.63, 3.8) is 0 Å². The minimum Gasteiger partial charge on any atom is -0.529 e. The molecule has 0 saturated heterocycles. The highest BCUT2D eigenvalue weighted by atomic mass is 28.2. The van der Waals surface area contributed by atoms with E-state index in [-0.39, 0.29) is 5.97 Å². The van der Waals surface area contributed by atoms with Crippen LogP contribution in [-0.4, -0.2) is 16.5 Å². The highest BCUT2D eigenvalue weighted by molar-refractivity contribution is 6.05. The Balaban J connectivity index is 4.52. The SMILES string of the molecule is CCCCC(CCCC)(CCCC)CCCC(=O)O[SiH3]. The lowest BCUT2D eigenvalue weighted by atomic mass is 9.71. The van der Waals surface area contributed by atoms with Crippen LogP contribution in [-0.2, 0) is 9.22 Å². The lowest BCUT2D eigenvalue weighted by Gasteiger charge is -2.34. The summed E-state index contributed by atoms with van der Waals surface area (Å²) in [6, 6.07) is 0. The average Bonchev–Trinajstić information content (AvgIpc) is 2.48. The van der Waals surface area contributed by atoms with Crippen LogP contribution >= 0.6 is 0 Å². The lowest BCUT2D eigenvalue weighted by molar-refractivity contribution is -0.134. The van der Waals surface area contributed by atoms with Crippen LogP contribution in [0.4, 0.5) is 0 Å². The summed E-state index contributed by atoms with van der Waals surface area (Å²) in [5.74, 6) is 0.00652. The van der Waals surface area contributed by atoms with E-state index in [4.69, 9.17) is 4.43 Å². The average molecular weight is 301 g/mol. The molecule has 120 valence electrons. The van der Waals surface area contributed by atoms with Crippen molar-refractivity contribution < 1.29 is 9.22 Å². The maximum absolute atomic E-state index is 11.4. The Hall–Kier alpha value is -0.313. The van der Waals surface area contributed by atoms with Gasteiger partial charge in [0.05, 0.1) is 0 Å². The minimum absolute atomic E-state index is 0.00652. The van der Waals surface area contributed by atoms with Crippen molar-refractivity contribution in [3.8, 4) is 0 Å². The molecule has 0 heterocycles. The molecule has 0 amide bonds. The van der Waals surface area contributed by atoms with E-state index in [1.807, 2.05) is 0 Å². The van der Waals surface area contributed by atoms with E-state index in [9.17, 15) is 4.79 Å². The molecule has 0 aromatic rings. The zero-order valence-electron chi connectivity index (χ0n) is 14.3. The fourth-order valence-electron chi connectivity index (χ4n) is 3.12. The van der Waals surface area contributed by atoms with Crippen LogP contribution in [0.3, 0.4) is 0 Å². The van der Waals surface area contributed by atoms with E-state index in [1.54, 1.807) is 0 Å². The Kier molecular flexibility index (Phi) is 12.2. The van der Waals surface area contributed by atoms with Gasteiger partial charge in [-0.1, -0.05) is 59.3 Å². The molecule has 20 heavy (non-hydrogen) atoms. The lowest BCUT2D eigenvalue weighted by Crippen LogP contribution is -2.22. The molecule has 3 heteroatoms. The third-order valence-corrected chi connectivity index (χ3v) is 4.95. The van der Waals surface area contributed by atoms with Crippen molar-refractivity contribution in [3.05, 3.63) is 0 Å². The van der Waals surface area contributed by atoms with E-state index >= 15 is 0 Å². The van der Waals surface area contributed by atoms with Crippen molar-refractivity contribution in [2.24, 2.45) is 5.41 Å². The van der Waals surface area contributed by atoms with Gasteiger partial charge < -0.3 is 4.43 Å². The van der Waals surface area contributed by atoms with Crippen molar-refractivity contribution in [2.75, 3.05) is 0 Å². The number of carbonyl (C=O) groups is 1. The fourth-order valence-corrected chi connectivity index (χ4v) is 3.32. The summed E-state index contributed by atoms with van der Waals surface area (Å²) in [6.45, 7) is 6.84. The summed E-state index contributed by atoms with van der Waals surface area (Å²) in [6.07, 6.45) is 14.7. The van der Waals surface area contributed by atoms with Gasteiger partial charge in [0.15, 0.2) is 0 Å². The summed E-state index contributed by atoms with van der Waals surface area (Å²) >= 11 is 0. The van der Waals surface area contributed by atoms with Crippen LogP contribution in [0.2, 0.25) is 0 Å². The summed E-state index contributed by atoms with van der Waals surface area (Å²) in [5, 5.41) is 0. The van der Waals surface area contributed by atoms with Gasteiger partial charge in [-0.05, 0) is 37.5 Å². The molecule has 0 bridgehead atoms. The van der Waals surface area contributed by atoms with Gasteiger partial charge in [0.2, 0.25) is 10.5 Å². The van der Waals surface area contributed by atoms with Gasteiger partial charge >= 0.3 is 0 Å². The van der Waals surface area contributed by atoms with Crippen LogP contribution in [0.1, 0.15) is 97.8 Å². The zero-order valence-corrected chi connectivity index (χ0v) is 16.3. The summed E-state index contributed by atoms with van der Waals surface area (Å²) in [7, 11) is 0.535. The van der Waals surface area contributed by atoms with E-state index < -0.39 is 0 Å². The number of unbranched alkanes of at least 4 members (excludes halogenated alkanes) is 3. The predicted octanol–water partition coefficient (Wildman–Crippen LogP) is 4.54. The molecule has 0 aromatic heterocycles. The predicted molar refractivity (Wildman–Crippen MR) is 90.9 cm³/mol. The summed E-state index contributed by atoms with van der Waals surface area (Å²) < 4.78 is 4.91. The minimum atomic E-state index is 0.00652. The molecule has 0 radical (unpaired) electrons. The molecule has 0 saturated carbocycles. The first-order valence-electron chi connectivity index (χ1n) is 8.71. The molecule has 0 atom stereocenters. The fraction of sp³-hybridized carbons (Fsp3) is 0.941. The Labute approximate surface area is 129 Å². The number of hydrogen-bond donors (Lipinski definition) is 0. The molecule has 0 N–H and O–H groups in total.